The van der Waals surface area contributed by atoms with E-state index in [4.69, 9.17) is 11.6 Å². The Bertz CT molecular complexity index is 826. The van der Waals surface area contributed by atoms with Crippen LogP contribution in [0.1, 0.15) is 21.3 Å². The monoisotopic (exact) mass is 404 g/mol. The number of aliphatic hydroxyl groups is 1. The van der Waals surface area contributed by atoms with Crippen LogP contribution in [0.5, 0.6) is 0 Å². The molecule has 1 aromatic heterocycles. The van der Waals surface area contributed by atoms with Gasteiger partial charge in [-0.2, -0.15) is 13.2 Å². The Morgan fingerprint density at radius 2 is 1.88 bits per heavy atom. The summed E-state index contributed by atoms with van der Waals surface area (Å²) in [6, 6.07) is 5.86. The number of hydrogen-bond acceptors (Lipinski definition) is 4. The van der Waals surface area contributed by atoms with Crippen molar-refractivity contribution >= 4 is 34.8 Å². The first-order chi connectivity index (χ1) is 12.1. The number of amides is 2. The van der Waals surface area contributed by atoms with Crippen molar-refractivity contribution in [2.75, 3.05) is 0 Å². The van der Waals surface area contributed by atoms with Crippen molar-refractivity contribution in [3.05, 3.63) is 57.2 Å². The van der Waals surface area contributed by atoms with Gasteiger partial charge < -0.3 is 15.7 Å². The lowest BCUT2D eigenvalue weighted by Crippen LogP contribution is -2.72. The van der Waals surface area contributed by atoms with Crippen LogP contribution in [0, 0.1) is 5.92 Å². The lowest BCUT2D eigenvalue weighted by molar-refractivity contribution is -0.287. The Balaban J connectivity index is 2.14. The van der Waals surface area contributed by atoms with E-state index in [2.05, 4.69) is 5.32 Å². The van der Waals surface area contributed by atoms with E-state index in [1.54, 1.807) is 0 Å². The number of nitrogens with one attached hydrogen (secondary N) is 2. The first-order valence-corrected chi connectivity index (χ1v) is 8.60. The average molecular weight is 405 g/mol. The minimum Gasteiger partial charge on any atom is -0.363 e. The second-order valence-electron chi connectivity index (χ2n) is 5.71. The first kappa shape index (κ1) is 18.7. The molecule has 2 heterocycles. The summed E-state index contributed by atoms with van der Waals surface area (Å²) in [5.74, 6) is -2.97. The van der Waals surface area contributed by atoms with Crippen LogP contribution < -0.4 is 10.6 Å². The number of benzene rings is 1. The molecule has 0 bridgehead atoms. The van der Waals surface area contributed by atoms with Crippen molar-refractivity contribution in [1.29, 1.82) is 0 Å². The summed E-state index contributed by atoms with van der Waals surface area (Å²) >= 11 is 6.74. The van der Waals surface area contributed by atoms with E-state index in [1.165, 1.54) is 47.1 Å². The maximum absolute atomic E-state index is 13.6. The fraction of sp³-hybridized carbons (Fsp3) is 0.250. The Morgan fingerprint density at radius 1 is 1.23 bits per heavy atom. The van der Waals surface area contributed by atoms with Gasteiger partial charge >= 0.3 is 12.2 Å². The van der Waals surface area contributed by atoms with Crippen LogP contribution in [0.15, 0.2) is 41.8 Å². The van der Waals surface area contributed by atoms with Crippen LogP contribution in [-0.2, 0) is 0 Å². The number of thiophene rings is 1. The number of urea groups is 1. The SMILES string of the molecule is O=C1NC(c2ccc(Cl)cc2)C(C(=O)c2cccs2)C(O)(C(F)(F)F)N1. The molecular formula is C16H12ClF3N2O3S. The molecule has 3 N–H and O–H groups in total. The predicted molar refractivity (Wildman–Crippen MR) is 89.0 cm³/mol. The third-order valence-corrected chi connectivity index (χ3v) is 5.22. The van der Waals surface area contributed by atoms with Crippen LogP contribution in [0.25, 0.3) is 0 Å². The zero-order valence-electron chi connectivity index (χ0n) is 12.9. The molecule has 3 atom stereocenters. The molecule has 3 rings (SSSR count). The molecule has 138 valence electrons. The van der Waals surface area contributed by atoms with Crippen molar-refractivity contribution in [1.82, 2.24) is 10.6 Å². The van der Waals surface area contributed by atoms with Gasteiger partial charge in [0.1, 0.15) is 5.92 Å². The molecule has 1 aliphatic heterocycles. The van der Waals surface area contributed by atoms with Crippen LogP contribution in [0.4, 0.5) is 18.0 Å². The van der Waals surface area contributed by atoms with Gasteiger partial charge in [0.15, 0.2) is 5.78 Å². The van der Waals surface area contributed by atoms with Crippen LogP contribution >= 0.6 is 22.9 Å². The van der Waals surface area contributed by atoms with Crippen molar-refractivity contribution < 1.29 is 27.9 Å². The molecule has 0 spiro atoms. The summed E-state index contributed by atoms with van der Waals surface area (Å²) in [6.45, 7) is 0. The summed E-state index contributed by atoms with van der Waals surface area (Å²) in [4.78, 5) is 24.7. The average Bonchev–Trinajstić information content (AvgIpc) is 3.08. The van der Waals surface area contributed by atoms with Crippen LogP contribution in [-0.4, -0.2) is 28.8 Å². The number of halogens is 4. The molecule has 0 aliphatic carbocycles. The number of rotatable bonds is 3. The molecule has 3 unspecified atom stereocenters. The van der Waals surface area contributed by atoms with Crippen LogP contribution in [0.3, 0.4) is 0 Å². The highest BCUT2D eigenvalue weighted by Crippen LogP contribution is 2.44. The Morgan fingerprint density at radius 3 is 2.42 bits per heavy atom. The minimum atomic E-state index is -5.27. The fourth-order valence-electron chi connectivity index (χ4n) is 2.86. The van der Waals surface area contributed by atoms with Gasteiger partial charge in [0.2, 0.25) is 5.72 Å². The van der Waals surface area contributed by atoms with Gasteiger partial charge in [0.25, 0.3) is 0 Å². The van der Waals surface area contributed by atoms with E-state index < -0.39 is 35.7 Å². The number of carbonyl (C=O) groups is 2. The Labute approximate surface area is 154 Å². The van der Waals surface area contributed by atoms with E-state index in [0.29, 0.717) is 5.02 Å². The van der Waals surface area contributed by atoms with E-state index in [0.717, 1.165) is 11.3 Å². The first-order valence-electron chi connectivity index (χ1n) is 7.34. The van der Waals surface area contributed by atoms with Gasteiger partial charge in [0.05, 0.1) is 10.9 Å². The molecule has 0 saturated carbocycles. The molecule has 1 saturated heterocycles. The fourth-order valence-corrected chi connectivity index (χ4v) is 3.69. The second-order valence-corrected chi connectivity index (χ2v) is 7.10. The maximum atomic E-state index is 13.6. The smallest absolute Gasteiger partial charge is 0.363 e. The molecular weight excluding hydrogens is 393 g/mol. The van der Waals surface area contributed by atoms with Gasteiger partial charge in [-0.25, -0.2) is 4.79 Å². The van der Waals surface area contributed by atoms with Crippen molar-refractivity contribution in [2.45, 2.75) is 17.9 Å². The molecule has 0 radical (unpaired) electrons. The van der Waals surface area contributed by atoms with Crippen molar-refractivity contribution in [3.63, 3.8) is 0 Å². The summed E-state index contributed by atoms with van der Waals surface area (Å²) in [6.07, 6.45) is -5.27. The topological polar surface area (TPSA) is 78.4 Å². The van der Waals surface area contributed by atoms with E-state index in [-0.39, 0.29) is 10.4 Å². The lowest BCUT2D eigenvalue weighted by Gasteiger charge is -2.44. The van der Waals surface area contributed by atoms with Gasteiger partial charge in [-0.1, -0.05) is 29.8 Å². The van der Waals surface area contributed by atoms with E-state index >= 15 is 0 Å². The summed E-state index contributed by atoms with van der Waals surface area (Å²) in [7, 11) is 0. The quantitative estimate of drug-likeness (QED) is 0.685. The third kappa shape index (κ3) is 3.17. The molecule has 10 heteroatoms. The standard InChI is InChI=1S/C16H12ClF3N2O3S/c17-9-5-3-8(4-6-9)12-11(13(23)10-2-1-7-26-10)15(25,16(18,19)20)22-14(24)21-12/h1-7,11-12,25H,(H2,21,22,24). The normalized spacial score (nSPS) is 26.1. The maximum Gasteiger partial charge on any atom is 0.437 e. The van der Waals surface area contributed by atoms with Crippen molar-refractivity contribution in [3.8, 4) is 0 Å². The number of ketones is 1. The highest BCUT2D eigenvalue weighted by molar-refractivity contribution is 7.12. The van der Waals surface area contributed by atoms with Gasteiger partial charge in [-0.05, 0) is 29.1 Å². The molecule has 2 aromatic rings. The zero-order valence-corrected chi connectivity index (χ0v) is 14.5. The van der Waals surface area contributed by atoms with Gasteiger partial charge in [-0.15, -0.1) is 11.3 Å². The number of alkyl halides is 3. The van der Waals surface area contributed by atoms with E-state index in [9.17, 15) is 27.9 Å². The molecule has 5 nitrogen and oxygen atoms in total. The molecule has 1 aliphatic rings. The summed E-state index contributed by atoms with van der Waals surface area (Å²) in [5, 5.41) is 16.0. The summed E-state index contributed by atoms with van der Waals surface area (Å²) in [5.41, 5.74) is -3.51. The number of Topliss-reactive ketones (excluding diaryl/α,β-unsaturated/α-hetero) is 1. The zero-order chi connectivity index (χ0) is 19.1. The lowest BCUT2D eigenvalue weighted by atomic mass is 9.78. The highest BCUT2D eigenvalue weighted by Gasteiger charge is 2.66. The third-order valence-electron chi connectivity index (χ3n) is 4.08. The predicted octanol–water partition coefficient (Wildman–Crippen LogP) is 3.51. The van der Waals surface area contributed by atoms with Crippen LogP contribution in [0.2, 0.25) is 5.02 Å². The van der Waals surface area contributed by atoms with Crippen molar-refractivity contribution in [2.24, 2.45) is 5.92 Å². The second kappa shape index (κ2) is 6.57. The number of hydrogen-bond donors (Lipinski definition) is 3. The Hall–Kier alpha value is -2.10. The largest absolute Gasteiger partial charge is 0.437 e. The van der Waals surface area contributed by atoms with E-state index in [1.807, 2.05) is 0 Å². The molecule has 1 fully saturated rings. The highest BCUT2D eigenvalue weighted by atomic mass is 35.5. The Kier molecular flexibility index (Phi) is 4.72. The molecule has 2 amide bonds. The molecule has 26 heavy (non-hydrogen) atoms. The van der Waals surface area contributed by atoms with Gasteiger partial charge in [0, 0.05) is 5.02 Å². The number of carbonyl (C=O) groups excluding carboxylic acids is 2. The molecule has 1 aromatic carbocycles. The summed E-state index contributed by atoms with van der Waals surface area (Å²) < 4.78 is 40.9. The minimum absolute atomic E-state index is 0.0367. The van der Waals surface area contributed by atoms with Gasteiger partial charge in [-0.3, -0.25) is 4.79 Å².